The number of hydrogen-bond acceptors (Lipinski definition) is 3. The molecule has 0 heterocycles. The maximum atomic E-state index is 13.5. The van der Waals surface area contributed by atoms with Crippen molar-refractivity contribution >= 4 is 11.8 Å². The van der Waals surface area contributed by atoms with Crippen LogP contribution in [0, 0.1) is 11.7 Å². The van der Waals surface area contributed by atoms with Gasteiger partial charge in [-0.15, -0.1) is 0 Å². The molecule has 1 unspecified atom stereocenters. The molecule has 0 spiro atoms. The van der Waals surface area contributed by atoms with Crippen molar-refractivity contribution in [2.24, 2.45) is 5.92 Å². The van der Waals surface area contributed by atoms with Crippen LogP contribution in [0.3, 0.4) is 0 Å². The van der Waals surface area contributed by atoms with E-state index in [0.717, 1.165) is 16.9 Å². The lowest BCUT2D eigenvalue weighted by Gasteiger charge is -2.33. The zero-order valence-electron chi connectivity index (χ0n) is 19.1. The molecule has 1 atom stereocenters. The average molecular weight is 449 g/mol. The Hall–Kier alpha value is -3.67. The third-order valence-corrected chi connectivity index (χ3v) is 5.34. The van der Waals surface area contributed by atoms with Gasteiger partial charge >= 0.3 is 0 Å². The van der Waals surface area contributed by atoms with Crippen LogP contribution in [0.1, 0.15) is 36.6 Å². The summed E-state index contributed by atoms with van der Waals surface area (Å²) in [7, 11) is 1.60. The smallest absolute Gasteiger partial charge is 0.247 e. The zero-order valence-corrected chi connectivity index (χ0v) is 19.1. The molecule has 0 aromatic heterocycles. The van der Waals surface area contributed by atoms with Crippen molar-refractivity contribution in [3.63, 3.8) is 0 Å². The SMILES string of the molecule is COc1ccc(CNC(=O)C(c2ccccc2)N(Cc2ccc(F)cc2)C(=O)C(C)C)cc1. The highest BCUT2D eigenvalue weighted by Gasteiger charge is 2.32. The highest BCUT2D eigenvalue weighted by molar-refractivity contribution is 5.89. The summed E-state index contributed by atoms with van der Waals surface area (Å²) in [6.07, 6.45) is 0. The standard InChI is InChI=1S/C27H29FN2O3/c1-19(2)27(32)30(18-21-9-13-23(28)14-10-21)25(22-7-5-4-6-8-22)26(31)29-17-20-11-15-24(33-3)16-12-20/h4-16,19,25H,17-18H2,1-3H3,(H,29,31). The van der Waals surface area contributed by atoms with Crippen LogP contribution < -0.4 is 10.1 Å². The molecule has 1 N–H and O–H groups in total. The van der Waals surface area contributed by atoms with Gasteiger partial charge in [-0.2, -0.15) is 0 Å². The second-order valence-electron chi connectivity index (χ2n) is 8.13. The molecule has 0 radical (unpaired) electrons. The fourth-order valence-corrected chi connectivity index (χ4v) is 3.55. The Morgan fingerprint density at radius 1 is 0.909 bits per heavy atom. The number of nitrogens with zero attached hydrogens (tertiary/aromatic N) is 1. The molecule has 0 aliphatic rings. The molecule has 0 saturated carbocycles. The van der Waals surface area contributed by atoms with E-state index >= 15 is 0 Å². The van der Waals surface area contributed by atoms with Crippen molar-refractivity contribution in [2.75, 3.05) is 7.11 Å². The second-order valence-corrected chi connectivity index (χ2v) is 8.13. The first-order chi connectivity index (χ1) is 15.9. The van der Waals surface area contributed by atoms with Gasteiger partial charge in [-0.05, 0) is 41.0 Å². The Kier molecular flexibility index (Phi) is 8.19. The van der Waals surface area contributed by atoms with Gasteiger partial charge in [0.2, 0.25) is 11.8 Å². The lowest BCUT2D eigenvalue weighted by atomic mass is 10.0. The quantitative estimate of drug-likeness (QED) is 0.508. The van der Waals surface area contributed by atoms with Crippen LogP contribution in [0.2, 0.25) is 0 Å². The van der Waals surface area contributed by atoms with Crippen LogP contribution in [-0.2, 0) is 22.7 Å². The third kappa shape index (κ3) is 6.42. The Morgan fingerprint density at radius 3 is 2.09 bits per heavy atom. The van der Waals surface area contributed by atoms with Gasteiger partial charge in [0, 0.05) is 19.0 Å². The molecular weight excluding hydrogens is 419 g/mol. The predicted octanol–water partition coefficient (Wildman–Crippen LogP) is 4.88. The molecule has 0 fully saturated rings. The highest BCUT2D eigenvalue weighted by Crippen LogP contribution is 2.26. The summed E-state index contributed by atoms with van der Waals surface area (Å²) in [6.45, 7) is 4.11. The summed E-state index contributed by atoms with van der Waals surface area (Å²) in [5, 5.41) is 2.97. The van der Waals surface area contributed by atoms with E-state index in [1.165, 1.54) is 12.1 Å². The van der Waals surface area contributed by atoms with Crippen LogP contribution in [0.4, 0.5) is 4.39 Å². The zero-order chi connectivity index (χ0) is 23.8. The Balaban J connectivity index is 1.90. The van der Waals surface area contributed by atoms with Gasteiger partial charge in [-0.3, -0.25) is 9.59 Å². The van der Waals surface area contributed by atoms with E-state index in [9.17, 15) is 14.0 Å². The lowest BCUT2D eigenvalue weighted by molar-refractivity contribution is -0.144. The van der Waals surface area contributed by atoms with Crippen molar-refractivity contribution in [3.05, 3.63) is 101 Å². The van der Waals surface area contributed by atoms with E-state index in [4.69, 9.17) is 4.74 Å². The molecule has 0 aliphatic heterocycles. The van der Waals surface area contributed by atoms with Gasteiger partial charge in [0.25, 0.3) is 0 Å². The predicted molar refractivity (Wildman–Crippen MR) is 126 cm³/mol. The molecule has 2 amide bonds. The number of hydrogen-bond donors (Lipinski definition) is 1. The lowest BCUT2D eigenvalue weighted by Crippen LogP contribution is -2.44. The van der Waals surface area contributed by atoms with Gasteiger partial charge < -0.3 is 15.0 Å². The summed E-state index contributed by atoms with van der Waals surface area (Å²) in [6, 6.07) is 21.8. The number of ether oxygens (including phenoxy) is 1. The minimum Gasteiger partial charge on any atom is -0.497 e. The number of amides is 2. The molecule has 33 heavy (non-hydrogen) atoms. The fourth-order valence-electron chi connectivity index (χ4n) is 3.55. The maximum absolute atomic E-state index is 13.5. The summed E-state index contributed by atoms with van der Waals surface area (Å²) in [5.41, 5.74) is 2.37. The first-order valence-electron chi connectivity index (χ1n) is 10.9. The number of carbonyl (C=O) groups is 2. The number of benzene rings is 3. The molecule has 0 bridgehead atoms. The minimum absolute atomic E-state index is 0.159. The van der Waals surface area contributed by atoms with E-state index in [1.54, 1.807) is 38.0 Å². The topological polar surface area (TPSA) is 58.6 Å². The second kappa shape index (κ2) is 11.3. The Morgan fingerprint density at radius 2 is 1.52 bits per heavy atom. The molecule has 3 aromatic carbocycles. The largest absolute Gasteiger partial charge is 0.497 e. The normalized spacial score (nSPS) is 11.7. The average Bonchev–Trinajstić information content (AvgIpc) is 2.84. The third-order valence-electron chi connectivity index (χ3n) is 5.34. The van der Waals surface area contributed by atoms with Crippen molar-refractivity contribution in [2.45, 2.75) is 33.0 Å². The minimum atomic E-state index is -0.829. The first kappa shape index (κ1) is 24.0. The van der Waals surface area contributed by atoms with Crippen molar-refractivity contribution < 1.29 is 18.7 Å². The first-order valence-corrected chi connectivity index (χ1v) is 10.9. The van der Waals surface area contributed by atoms with Crippen LogP contribution >= 0.6 is 0 Å². The highest BCUT2D eigenvalue weighted by atomic mass is 19.1. The number of methoxy groups -OCH3 is 1. The summed E-state index contributed by atoms with van der Waals surface area (Å²) in [5.74, 6) is -0.371. The number of nitrogens with one attached hydrogen (secondary N) is 1. The molecule has 3 rings (SSSR count). The van der Waals surface area contributed by atoms with Gasteiger partial charge in [0.1, 0.15) is 17.6 Å². The Bertz CT molecular complexity index is 1050. The Labute approximate surface area is 194 Å². The molecule has 0 aliphatic carbocycles. The monoisotopic (exact) mass is 448 g/mol. The van der Waals surface area contributed by atoms with Crippen LogP contribution in [-0.4, -0.2) is 23.8 Å². The summed E-state index contributed by atoms with van der Waals surface area (Å²) in [4.78, 5) is 28.3. The number of halogens is 1. The van der Waals surface area contributed by atoms with Gasteiger partial charge in [0.05, 0.1) is 7.11 Å². The molecule has 5 nitrogen and oxygen atoms in total. The van der Waals surface area contributed by atoms with Crippen molar-refractivity contribution in [1.82, 2.24) is 10.2 Å². The van der Waals surface area contributed by atoms with E-state index in [-0.39, 0.29) is 30.1 Å². The maximum Gasteiger partial charge on any atom is 0.247 e. The summed E-state index contributed by atoms with van der Waals surface area (Å²) >= 11 is 0. The van der Waals surface area contributed by atoms with Crippen LogP contribution in [0.25, 0.3) is 0 Å². The summed E-state index contributed by atoms with van der Waals surface area (Å²) < 4.78 is 18.6. The van der Waals surface area contributed by atoms with Crippen molar-refractivity contribution in [1.29, 1.82) is 0 Å². The fraction of sp³-hybridized carbons (Fsp3) is 0.259. The molecule has 3 aromatic rings. The van der Waals surface area contributed by atoms with Gasteiger partial charge in [0.15, 0.2) is 0 Å². The van der Waals surface area contributed by atoms with E-state index in [2.05, 4.69) is 5.32 Å². The molecule has 172 valence electrons. The van der Waals surface area contributed by atoms with Crippen LogP contribution in [0.15, 0.2) is 78.9 Å². The van der Waals surface area contributed by atoms with E-state index in [1.807, 2.05) is 54.6 Å². The van der Waals surface area contributed by atoms with E-state index < -0.39 is 6.04 Å². The molecular formula is C27H29FN2O3. The van der Waals surface area contributed by atoms with Crippen molar-refractivity contribution in [3.8, 4) is 5.75 Å². The van der Waals surface area contributed by atoms with Gasteiger partial charge in [-0.1, -0.05) is 68.4 Å². The van der Waals surface area contributed by atoms with Gasteiger partial charge in [-0.25, -0.2) is 4.39 Å². The molecule has 0 saturated heterocycles. The number of carbonyl (C=O) groups excluding carboxylic acids is 2. The number of rotatable bonds is 9. The van der Waals surface area contributed by atoms with E-state index in [0.29, 0.717) is 12.1 Å². The molecule has 6 heteroatoms. The van der Waals surface area contributed by atoms with Crippen LogP contribution in [0.5, 0.6) is 5.75 Å².